The molecule has 0 aliphatic carbocycles. The van der Waals surface area contributed by atoms with Crippen molar-refractivity contribution in [2.45, 2.75) is 27.7 Å². The zero-order valence-corrected chi connectivity index (χ0v) is 18.8. The zero-order valence-electron chi connectivity index (χ0n) is 11.1. The van der Waals surface area contributed by atoms with E-state index in [9.17, 15) is 0 Å². The Bertz CT molecular complexity index is 184. The van der Waals surface area contributed by atoms with Gasteiger partial charge in [-0.1, -0.05) is 8.64 Å². The maximum Gasteiger partial charge on any atom is 2.00 e. The first-order chi connectivity index (χ1) is 7.44. The number of thiocarbonyl (C=S) groups is 2. The first kappa shape index (κ1) is 23.9. The summed E-state index contributed by atoms with van der Waals surface area (Å²) in [5.74, 6) is 0. The van der Waals surface area contributed by atoms with Crippen molar-refractivity contribution in [2.24, 2.45) is 0 Å². The van der Waals surface area contributed by atoms with Gasteiger partial charge in [0, 0.05) is 26.2 Å². The average Bonchev–Trinajstić information content (AvgIpc) is 2.21. The van der Waals surface area contributed by atoms with Crippen LogP contribution in [0.25, 0.3) is 0 Å². The van der Waals surface area contributed by atoms with Gasteiger partial charge < -0.3 is 59.5 Å². The average molecular weight is 434 g/mol. The van der Waals surface area contributed by atoms with Gasteiger partial charge in [-0.15, -0.1) is 0 Å². The van der Waals surface area contributed by atoms with Crippen LogP contribution in [0.1, 0.15) is 27.7 Å². The first-order valence-corrected chi connectivity index (χ1v) is 6.99. The minimum absolute atomic E-state index is 0. The molecule has 7 heteroatoms. The molecule has 0 aromatic rings. The Morgan fingerprint density at radius 3 is 0.941 bits per heavy atom. The van der Waals surface area contributed by atoms with Crippen molar-refractivity contribution in [3.8, 4) is 0 Å². The van der Waals surface area contributed by atoms with E-state index in [2.05, 4.69) is 0 Å². The Labute approximate surface area is 168 Å². The Balaban J connectivity index is -0.000000218. The quantitative estimate of drug-likeness (QED) is 0.377. The predicted octanol–water partition coefficient (Wildman–Crippen LogP) is 1.94. The topological polar surface area (TPSA) is 6.48 Å². The van der Waals surface area contributed by atoms with Gasteiger partial charge in [-0.3, -0.25) is 0 Å². The van der Waals surface area contributed by atoms with Crippen molar-refractivity contribution < 1.29 is 0 Å². The molecule has 0 spiro atoms. The van der Waals surface area contributed by atoms with Crippen molar-refractivity contribution in [1.82, 2.24) is 9.80 Å². The van der Waals surface area contributed by atoms with E-state index < -0.39 is 0 Å². The molecule has 0 N–H and O–H groups in total. The van der Waals surface area contributed by atoms with Gasteiger partial charge in [0.2, 0.25) is 0 Å². The Kier molecular flexibility index (Phi) is 22.2. The zero-order chi connectivity index (χ0) is 13.1. The molecule has 17 heavy (non-hydrogen) atoms. The molecular formula is C10H20BaN2S4. The summed E-state index contributed by atoms with van der Waals surface area (Å²) >= 11 is 19.0. The summed E-state index contributed by atoms with van der Waals surface area (Å²) in [6.07, 6.45) is 0. The Morgan fingerprint density at radius 2 is 0.941 bits per heavy atom. The Morgan fingerprint density at radius 1 is 0.765 bits per heavy atom. The first-order valence-electron chi connectivity index (χ1n) is 5.36. The number of hydrogen-bond acceptors (Lipinski definition) is 4. The van der Waals surface area contributed by atoms with E-state index in [0.717, 1.165) is 26.2 Å². The van der Waals surface area contributed by atoms with Crippen LogP contribution in [0.5, 0.6) is 0 Å². The van der Waals surface area contributed by atoms with E-state index in [1.165, 1.54) is 0 Å². The molecule has 0 aromatic carbocycles. The monoisotopic (exact) mass is 434 g/mol. The maximum atomic E-state index is 4.76. The summed E-state index contributed by atoms with van der Waals surface area (Å²) < 4.78 is 1.16. The van der Waals surface area contributed by atoms with Crippen LogP contribution < -0.4 is 0 Å². The van der Waals surface area contributed by atoms with Crippen LogP contribution in [-0.4, -0.2) is 93.5 Å². The van der Waals surface area contributed by atoms with Gasteiger partial charge in [-0.05, 0) is 27.7 Å². The molecule has 0 fully saturated rings. The molecule has 0 aliphatic heterocycles. The third kappa shape index (κ3) is 14.0. The van der Waals surface area contributed by atoms with E-state index in [0.29, 0.717) is 8.64 Å². The molecule has 96 valence electrons. The molecule has 0 aromatic heterocycles. The fourth-order valence-corrected chi connectivity index (χ4v) is 2.00. The molecule has 0 amide bonds. The predicted molar refractivity (Wildman–Crippen MR) is 91.5 cm³/mol. The summed E-state index contributed by atoms with van der Waals surface area (Å²) in [5.41, 5.74) is 0. The van der Waals surface area contributed by atoms with Crippen LogP contribution in [0.2, 0.25) is 0 Å². The number of nitrogens with zero attached hydrogens (tertiary/aromatic N) is 2. The minimum Gasteiger partial charge on any atom is -0.411 e. The second kappa shape index (κ2) is 15.8. The van der Waals surface area contributed by atoms with E-state index in [4.69, 9.17) is 49.7 Å². The van der Waals surface area contributed by atoms with Crippen molar-refractivity contribution in [1.29, 1.82) is 0 Å². The van der Waals surface area contributed by atoms with Crippen LogP contribution in [-0.2, 0) is 25.3 Å². The summed E-state index contributed by atoms with van der Waals surface area (Å²) in [4.78, 5) is 3.93. The fourth-order valence-electron chi connectivity index (χ4n) is 0.964. The van der Waals surface area contributed by atoms with Crippen molar-refractivity contribution in [3.05, 3.63) is 0 Å². The third-order valence-corrected chi connectivity index (χ3v) is 3.08. The molecule has 0 radical (unpaired) electrons. The molecule has 0 atom stereocenters. The number of rotatable bonds is 4. The van der Waals surface area contributed by atoms with Crippen molar-refractivity contribution in [3.63, 3.8) is 0 Å². The second-order valence-electron chi connectivity index (χ2n) is 2.88. The third-order valence-electron chi connectivity index (χ3n) is 2.04. The molecule has 0 rings (SSSR count). The summed E-state index contributed by atoms with van der Waals surface area (Å²) in [6, 6.07) is 0. The van der Waals surface area contributed by atoms with Gasteiger partial charge in [0.1, 0.15) is 0 Å². The van der Waals surface area contributed by atoms with Crippen LogP contribution in [0.3, 0.4) is 0 Å². The van der Waals surface area contributed by atoms with Gasteiger partial charge in [-0.25, -0.2) is 0 Å². The molecule has 0 saturated carbocycles. The normalized spacial score (nSPS) is 8.24. The summed E-state index contributed by atoms with van der Waals surface area (Å²) in [7, 11) is 0. The molecular weight excluding hydrogens is 414 g/mol. The Hall–Kier alpha value is 1.79. The van der Waals surface area contributed by atoms with Gasteiger partial charge in [-0.2, -0.15) is 0 Å². The number of hydrogen-bond donors (Lipinski definition) is 0. The molecule has 0 saturated heterocycles. The van der Waals surface area contributed by atoms with Crippen LogP contribution in [0, 0.1) is 0 Å². The smallest absolute Gasteiger partial charge is 0.411 e. The van der Waals surface area contributed by atoms with Gasteiger partial charge in [0.05, 0.1) is 0 Å². The standard InChI is InChI=1S/2C5H11NS2.Ba/c2*1-3-6(4-2)5(7)8;/h2*3-4H2,1-2H3,(H,7,8);/q;;+2/p-2. The van der Waals surface area contributed by atoms with E-state index >= 15 is 0 Å². The maximum absolute atomic E-state index is 4.76. The summed E-state index contributed by atoms with van der Waals surface area (Å²) in [6.45, 7) is 11.9. The molecule has 0 aliphatic rings. The fraction of sp³-hybridized carbons (Fsp3) is 0.800. The molecule has 2 nitrogen and oxygen atoms in total. The minimum atomic E-state index is 0. The van der Waals surface area contributed by atoms with Crippen molar-refractivity contribution in [2.75, 3.05) is 26.2 Å². The molecule has 0 unspecified atom stereocenters. The van der Waals surface area contributed by atoms with Crippen molar-refractivity contribution >= 4 is 107 Å². The van der Waals surface area contributed by atoms with Gasteiger partial charge in [0.15, 0.2) is 0 Å². The van der Waals surface area contributed by atoms with E-state index in [1.807, 2.05) is 37.5 Å². The molecule has 0 heterocycles. The van der Waals surface area contributed by atoms with Crippen LogP contribution in [0.15, 0.2) is 0 Å². The van der Waals surface area contributed by atoms with E-state index in [1.54, 1.807) is 0 Å². The summed E-state index contributed by atoms with van der Waals surface area (Å²) in [5, 5.41) is 0. The van der Waals surface area contributed by atoms with Crippen LogP contribution >= 0.6 is 24.4 Å². The SMILES string of the molecule is CCN(CC)C(=S)[S-].CCN(CC)C(=S)[S-].[Ba+2]. The molecule has 0 bridgehead atoms. The van der Waals surface area contributed by atoms with Crippen LogP contribution in [0.4, 0.5) is 0 Å². The largest absolute Gasteiger partial charge is 2.00 e. The second-order valence-corrected chi connectivity index (χ2v) is 4.94. The van der Waals surface area contributed by atoms with E-state index in [-0.39, 0.29) is 48.9 Å². The van der Waals surface area contributed by atoms with Gasteiger partial charge in [0.25, 0.3) is 0 Å². The van der Waals surface area contributed by atoms with Gasteiger partial charge >= 0.3 is 48.9 Å².